The Kier molecular flexibility index (Phi) is 6.23. The first kappa shape index (κ1) is 22.6. The topological polar surface area (TPSA) is 98.6 Å². The van der Waals surface area contributed by atoms with Crippen molar-refractivity contribution in [3.63, 3.8) is 0 Å². The Balaban J connectivity index is 1.79. The van der Waals surface area contributed by atoms with Crippen molar-refractivity contribution in [3.8, 4) is 11.4 Å². The smallest absolute Gasteiger partial charge is 0.409 e. The van der Waals surface area contributed by atoms with Gasteiger partial charge in [0, 0.05) is 24.8 Å². The highest BCUT2D eigenvalue weighted by molar-refractivity contribution is 5.94. The number of rotatable bonds is 4. The van der Waals surface area contributed by atoms with E-state index in [9.17, 15) is 9.59 Å². The number of halogens is 2. The van der Waals surface area contributed by atoms with E-state index in [0.717, 1.165) is 12.1 Å². The van der Waals surface area contributed by atoms with Gasteiger partial charge in [-0.25, -0.2) is 18.6 Å². The van der Waals surface area contributed by atoms with Gasteiger partial charge < -0.3 is 24.3 Å². The molecule has 1 N–H and O–H groups in total. The SMILES string of the molecule is CNC(=O)c1cc(F)c(-c2nc3cc(C)ncc3n2C[C@H]2CN(C(=O)OC)CCO2)c(F)c1. The van der Waals surface area contributed by atoms with Gasteiger partial charge in [0.25, 0.3) is 5.91 Å². The van der Waals surface area contributed by atoms with E-state index in [1.165, 1.54) is 19.1 Å². The number of imidazole rings is 1. The van der Waals surface area contributed by atoms with Crippen LogP contribution >= 0.6 is 0 Å². The average Bonchev–Trinajstić information content (AvgIpc) is 3.14. The summed E-state index contributed by atoms with van der Waals surface area (Å²) in [5, 5.41) is 2.35. The van der Waals surface area contributed by atoms with Crippen molar-refractivity contribution in [1.29, 1.82) is 0 Å². The number of pyridine rings is 1. The number of nitrogens with one attached hydrogen (secondary N) is 1. The molecule has 1 aliphatic heterocycles. The van der Waals surface area contributed by atoms with Crippen LogP contribution in [0, 0.1) is 18.6 Å². The summed E-state index contributed by atoms with van der Waals surface area (Å²) >= 11 is 0. The van der Waals surface area contributed by atoms with E-state index in [0.29, 0.717) is 29.9 Å². The molecule has 9 nitrogen and oxygen atoms in total. The summed E-state index contributed by atoms with van der Waals surface area (Å²) in [6, 6.07) is 3.66. The predicted octanol–water partition coefficient (Wildman–Crippen LogP) is 2.51. The van der Waals surface area contributed by atoms with Gasteiger partial charge in [-0.3, -0.25) is 9.78 Å². The third kappa shape index (κ3) is 4.36. The molecule has 0 radical (unpaired) electrons. The zero-order valence-electron chi connectivity index (χ0n) is 18.4. The van der Waals surface area contributed by atoms with Crippen molar-refractivity contribution >= 4 is 23.0 Å². The lowest BCUT2D eigenvalue weighted by molar-refractivity contribution is -0.0310. The summed E-state index contributed by atoms with van der Waals surface area (Å²) in [6.45, 7) is 2.87. The van der Waals surface area contributed by atoms with Crippen LogP contribution in [-0.4, -0.2) is 71.4 Å². The molecule has 1 fully saturated rings. The van der Waals surface area contributed by atoms with E-state index < -0.39 is 29.7 Å². The largest absolute Gasteiger partial charge is 0.453 e. The van der Waals surface area contributed by atoms with Crippen LogP contribution in [0.4, 0.5) is 13.6 Å². The maximum atomic E-state index is 15.1. The maximum absolute atomic E-state index is 15.1. The van der Waals surface area contributed by atoms with Gasteiger partial charge in [-0.15, -0.1) is 0 Å². The number of amides is 2. The highest BCUT2D eigenvalue weighted by Crippen LogP contribution is 2.31. The molecule has 4 rings (SSSR count). The van der Waals surface area contributed by atoms with E-state index >= 15 is 8.78 Å². The molecule has 0 unspecified atom stereocenters. The van der Waals surface area contributed by atoms with Crippen LogP contribution in [0.2, 0.25) is 0 Å². The fourth-order valence-electron chi connectivity index (χ4n) is 3.89. The highest BCUT2D eigenvalue weighted by Gasteiger charge is 2.28. The van der Waals surface area contributed by atoms with Gasteiger partial charge in [0.05, 0.1) is 55.7 Å². The Bertz CT molecular complexity index is 1210. The third-order valence-electron chi connectivity index (χ3n) is 5.48. The van der Waals surface area contributed by atoms with Crippen LogP contribution in [0.3, 0.4) is 0 Å². The Hall–Kier alpha value is -3.60. The first-order valence-corrected chi connectivity index (χ1v) is 10.3. The van der Waals surface area contributed by atoms with E-state index in [4.69, 9.17) is 9.47 Å². The molecule has 1 aromatic carbocycles. The van der Waals surface area contributed by atoms with Crippen molar-refractivity contribution in [2.24, 2.45) is 0 Å². The van der Waals surface area contributed by atoms with E-state index in [1.807, 2.05) is 0 Å². The molecule has 0 bridgehead atoms. The van der Waals surface area contributed by atoms with Gasteiger partial charge in [0.1, 0.15) is 17.5 Å². The van der Waals surface area contributed by atoms with E-state index in [2.05, 4.69) is 15.3 Å². The maximum Gasteiger partial charge on any atom is 0.409 e. The van der Waals surface area contributed by atoms with Crippen molar-refractivity contribution in [2.45, 2.75) is 19.6 Å². The van der Waals surface area contributed by atoms with Gasteiger partial charge in [0.2, 0.25) is 0 Å². The minimum atomic E-state index is -0.921. The van der Waals surface area contributed by atoms with Crippen LogP contribution in [0.5, 0.6) is 0 Å². The Morgan fingerprint density at radius 1 is 1.27 bits per heavy atom. The average molecular weight is 459 g/mol. The van der Waals surface area contributed by atoms with Crippen molar-refractivity contribution in [1.82, 2.24) is 24.8 Å². The van der Waals surface area contributed by atoms with Crippen molar-refractivity contribution in [2.75, 3.05) is 33.9 Å². The second-order valence-corrected chi connectivity index (χ2v) is 7.66. The molecule has 3 aromatic rings. The number of carbonyl (C=O) groups excluding carboxylic acids is 2. The summed E-state index contributed by atoms with van der Waals surface area (Å²) in [5.41, 5.74) is 1.26. The van der Waals surface area contributed by atoms with E-state index in [-0.39, 0.29) is 30.0 Å². The minimum absolute atomic E-state index is 0.0367. The first-order chi connectivity index (χ1) is 15.8. The lowest BCUT2D eigenvalue weighted by Gasteiger charge is -2.32. The van der Waals surface area contributed by atoms with Gasteiger partial charge in [-0.1, -0.05) is 0 Å². The van der Waals surface area contributed by atoms with Gasteiger partial charge in [0.15, 0.2) is 0 Å². The summed E-state index contributed by atoms with van der Waals surface area (Å²) < 4.78 is 42.4. The summed E-state index contributed by atoms with van der Waals surface area (Å²) in [7, 11) is 2.68. The van der Waals surface area contributed by atoms with Crippen molar-refractivity contribution in [3.05, 3.63) is 47.3 Å². The summed E-state index contributed by atoms with van der Waals surface area (Å²) in [6.07, 6.45) is 0.640. The van der Waals surface area contributed by atoms with E-state index in [1.54, 1.807) is 23.8 Å². The zero-order valence-corrected chi connectivity index (χ0v) is 18.4. The molecule has 0 saturated carbocycles. The normalized spacial score (nSPS) is 16.2. The number of fused-ring (bicyclic) bond motifs is 1. The lowest BCUT2D eigenvalue weighted by atomic mass is 10.1. The van der Waals surface area contributed by atoms with Gasteiger partial charge >= 0.3 is 6.09 Å². The third-order valence-corrected chi connectivity index (χ3v) is 5.48. The standard InChI is InChI=1S/C22H23F2N5O4/c1-12-6-17-18(9-26-12)29(11-14-10-28(4-5-33-14)22(31)32-3)20(27-17)19-15(23)7-13(8-16(19)24)21(30)25-2/h6-9,14H,4-5,10-11H2,1-3H3,(H,25,30)/t14-/m1/s1. The fourth-order valence-corrected chi connectivity index (χ4v) is 3.89. The van der Waals surface area contributed by atoms with Crippen molar-refractivity contribution < 1.29 is 27.8 Å². The Morgan fingerprint density at radius 3 is 2.67 bits per heavy atom. The monoisotopic (exact) mass is 459 g/mol. The molecule has 11 heteroatoms. The number of hydrogen-bond donors (Lipinski definition) is 1. The number of benzene rings is 1. The Morgan fingerprint density at radius 2 is 2.00 bits per heavy atom. The molecule has 1 atom stereocenters. The number of ether oxygens (including phenoxy) is 2. The second kappa shape index (κ2) is 9.10. The molecule has 0 aliphatic carbocycles. The van der Waals surface area contributed by atoms with Crippen LogP contribution in [0.25, 0.3) is 22.4 Å². The molecule has 2 aromatic heterocycles. The lowest BCUT2D eigenvalue weighted by Crippen LogP contribution is -2.47. The quantitative estimate of drug-likeness (QED) is 0.644. The highest BCUT2D eigenvalue weighted by atomic mass is 19.1. The number of carbonyl (C=O) groups is 2. The summed E-state index contributed by atoms with van der Waals surface area (Å²) in [4.78, 5) is 34.1. The number of methoxy groups -OCH3 is 1. The predicted molar refractivity (Wildman–Crippen MR) is 115 cm³/mol. The molecular formula is C22H23F2N5O4. The number of hydrogen-bond acceptors (Lipinski definition) is 6. The number of morpholine rings is 1. The Labute approximate surface area is 188 Å². The minimum Gasteiger partial charge on any atom is -0.453 e. The molecule has 3 heterocycles. The van der Waals surface area contributed by atoms with Crippen LogP contribution in [0.1, 0.15) is 16.1 Å². The molecule has 0 spiro atoms. The second-order valence-electron chi connectivity index (χ2n) is 7.66. The van der Waals surface area contributed by atoms with Crippen LogP contribution in [-0.2, 0) is 16.0 Å². The molecule has 33 heavy (non-hydrogen) atoms. The molecule has 2 amide bonds. The van der Waals surface area contributed by atoms with Crippen LogP contribution in [0.15, 0.2) is 24.4 Å². The fraction of sp³-hybridized carbons (Fsp3) is 0.364. The molecule has 1 aliphatic rings. The number of aromatic nitrogens is 3. The molecular weight excluding hydrogens is 436 g/mol. The zero-order chi connectivity index (χ0) is 23.7. The molecule has 174 valence electrons. The first-order valence-electron chi connectivity index (χ1n) is 10.3. The van der Waals surface area contributed by atoms with Crippen LogP contribution < -0.4 is 5.32 Å². The van der Waals surface area contributed by atoms with Gasteiger partial charge in [-0.05, 0) is 25.1 Å². The molecule has 1 saturated heterocycles. The summed E-state index contributed by atoms with van der Waals surface area (Å²) in [5.74, 6) is -2.41. The van der Waals surface area contributed by atoms with Gasteiger partial charge in [-0.2, -0.15) is 0 Å². The number of aryl methyl sites for hydroxylation is 1. The number of nitrogens with zero attached hydrogens (tertiary/aromatic N) is 4.